The van der Waals surface area contributed by atoms with Crippen molar-refractivity contribution in [2.75, 3.05) is 6.54 Å². The van der Waals surface area contributed by atoms with Gasteiger partial charge in [0.2, 0.25) is 10.0 Å². The van der Waals surface area contributed by atoms with Crippen molar-refractivity contribution in [2.45, 2.75) is 38.1 Å². The molecule has 1 aromatic carbocycles. The molecule has 0 heterocycles. The summed E-state index contributed by atoms with van der Waals surface area (Å²) in [6.07, 6.45) is 0. The van der Waals surface area contributed by atoms with Crippen LogP contribution in [0.2, 0.25) is 5.02 Å². The third-order valence-electron chi connectivity index (χ3n) is 3.49. The van der Waals surface area contributed by atoms with Crippen LogP contribution in [0.3, 0.4) is 0 Å². The predicted octanol–water partition coefficient (Wildman–Crippen LogP) is 2.30. The average Bonchev–Trinajstić information content (AvgIpc) is 2.27. The number of halogens is 1. The Labute approximate surface area is 120 Å². The van der Waals surface area contributed by atoms with Crippen molar-refractivity contribution in [3.8, 4) is 0 Å². The second-order valence-corrected chi connectivity index (χ2v) is 7.38. The van der Waals surface area contributed by atoms with Crippen molar-refractivity contribution in [2.24, 2.45) is 11.7 Å². The van der Waals surface area contributed by atoms with Crippen molar-refractivity contribution >= 4 is 21.6 Å². The normalized spacial score (nSPS) is 15.5. The van der Waals surface area contributed by atoms with Gasteiger partial charge in [0.05, 0.1) is 4.90 Å². The van der Waals surface area contributed by atoms with Crippen molar-refractivity contribution in [1.29, 1.82) is 0 Å². The third-order valence-corrected chi connectivity index (χ3v) is 5.50. The molecule has 0 spiro atoms. The van der Waals surface area contributed by atoms with Crippen LogP contribution in [0.1, 0.15) is 26.3 Å². The van der Waals surface area contributed by atoms with Gasteiger partial charge < -0.3 is 5.73 Å². The van der Waals surface area contributed by atoms with Crippen molar-refractivity contribution in [1.82, 2.24) is 4.72 Å². The smallest absolute Gasteiger partial charge is 0.241 e. The molecule has 0 aliphatic carbocycles. The minimum atomic E-state index is -3.61. The number of sulfonamides is 1. The van der Waals surface area contributed by atoms with E-state index in [2.05, 4.69) is 4.72 Å². The Kier molecular flexibility index (Phi) is 5.01. The monoisotopic (exact) mass is 304 g/mol. The fourth-order valence-corrected chi connectivity index (χ4v) is 3.67. The van der Waals surface area contributed by atoms with E-state index in [1.54, 1.807) is 26.0 Å². The lowest BCUT2D eigenvalue weighted by molar-refractivity contribution is 0.315. The Bertz CT molecular complexity index is 558. The number of rotatable bonds is 5. The summed E-state index contributed by atoms with van der Waals surface area (Å²) in [6.45, 7) is 7.63. The summed E-state index contributed by atoms with van der Waals surface area (Å²) >= 11 is 5.84. The molecule has 0 aromatic heterocycles. The van der Waals surface area contributed by atoms with Crippen LogP contribution in [0.15, 0.2) is 23.1 Å². The Balaban J connectivity index is 3.18. The van der Waals surface area contributed by atoms with Crippen LogP contribution in [0, 0.1) is 12.8 Å². The summed E-state index contributed by atoms with van der Waals surface area (Å²) in [5, 5.41) is 0.516. The first-order valence-electron chi connectivity index (χ1n) is 6.12. The highest BCUT2D eigenvalue weighted by Crippen LogP contribution is 2.23. The van der Waals surface area contributed by atoms with Crippen molar-refractivity contribution in [3.05, 3.63) is 28.8 Å². The molecule has 0 amide bonds. The van der Waals surface area contributed by atoms with E-state index >= 15 is 0 Å². The highest BCUT2D eigenvalue weighted by atomic mass is 35.5. The van der Waals surface area contributed by atoms with Gasteiger partial charge in [0, 0.05) is 17.1 Å². The lowest BCUT2D eigenvalue weighted by atomic mass is 9.90. The van der Waals surface area contributed by atoms with Gasteiger partial charge in [-0.2, -0.15) is 0 Å². The molecule has 0 bridgehead atoms. The molecule has 1 atom stereocenters. The zero-order chi connectivity index (χ0) is 14.8. The first kappa shape index (κ1) is 16.4. The van der Waals surface area contributed by atoms with Crippen molar-refractivity contribution < 1.29 is 8.42 Å². The second-order valence-electron chi connectivity index (χ2n) is 5.29. The maximum atomic E-state index is 12.4. The van der Waals surface area contributed by atoms with Gasteiger partial charge in [0.15, 0.2) is 0 Å². The zero-order valence-corrected chi connectivity index (χ0v) is 13.3. The summed E-state index contributed by atoms with van der Waals surface area (Å²) in [4.78, 5) is 0.234. The highest BCUT2D eigenvalue weighted by Gasteiger charge is 2.33. The quantitative estimate of drug-likeness (QED) is 0.876. The van der Waals surface area contributed by atoms with Gasteiger partial charge in [0.1, 0.15) is 0 Å². The van der Waals surface area contributed by atoms with E-state index in [1.807, 2.05) is 13.8 Å². The van der Waals surface area contributed by atoms with Gasteiger partial charge in [-0.25, -0.2) is 13.1 Å². The van der Waals surface area contributed by atoms with Gasteiger partial charge in [0.25, 0.3) is 0 Å². The number of hydrogen-bond donors (Lipinski definition) is 2. The molecule has 6 heteroatoms. The fraction of sp³-hybridized carbons (Fsp3) is 0.538. The first-order valence-corrected chi connectivity index (χ1v) is 7.98. The molecule has 4 nitrogen and oxygen atoms in total. The van der Waals surface area contributed by atoms with Crippen LogP contribution in [-0.2, 0) is 10.0 Å². The molecule has 1 unspecified atom stereocenters. The molecular formula is C13H21ClN2O2S. The molecule has 108 valence electrons. The number of nitrogens with one attached hydrogen (secondary N) is 1. The van der Waals surface area contributed by atoms with Gasteiger partial charge in [-0.1, -0.05) is 25.4 Å². The molecule has 3 N–H and O–H groups in total. The van der Waals surface area contributed by atoms with Gasteiger partial charge in [-0.15, -0.1) is 0 Å². The van der Waals surface area contributed by atoms with E-state index in [0.717, 1.165) is 0 Å². The molecule has 0 radical (unpaired) electrons. The lowest BCUT2D eigenvalue weighted by Crippen LogP contribution is -2.54. The van der Waals surface area contributed by atoms with Crippen LogP contribution >= 0.6 is 11.6 Å². The standard InChI is InChI=1S/C13H21ClN2O2S/c1-9(2)13(4,8-15)16-19(17,18)12-6-5-11(14)7-10(12)3/h5-7,9,16H,8,15H2,1-4H3. The molecule has 1 aromatic rings. The molecule has 19 heavy (non-hydrogen) atoms. The van der Waals surface area contributed by atoms with E-state index in [9.17, 15) is 8.42 Å². The fourth-order valence-electron chi connectivity index (χ4n) is 1.67. The van der Waals surface area contributed by atoms with E-state index < -0.39 is 15.6 Å². The Morgan fingerprint density at radius 3 is 2.42 bits per heavy atom. The summed E-state index contributed by atoms with van der Waals surface area (Å²) in [5.74, 6) is 0.0832. The molecule has 0 saturated heterocycles. The Morgan fingerprint density at radius 2 is 2.00 bits per heavy atom. The maximum absolute atomic E-state index is 12.4. The number of hydrogen-bond acceptors (Lipinski definition) is 3. The Morgan fingerprint density at radius 1 is 1.42 bits per heavy atom. The zero-order valence-electron chi connectivity index (χ0n) is 11.7. The number of benzene rings is 1. The van der Waals surface area contributed by atoms with Crippen LogP contribution in [0.25, 0.3) is 0 Å². The molecular weight excluding hydrogens is 284 g/mol. The lowest BCUT2D eigenvalue weighted by Gasteiger charge is -2.33. The number of aryl methyl sites for hydroxylation is 1. The van der Waals surface area contributed by atoms with Gasteiger partial charge in [-0.3, -0.25) is 0 Å². The minimum absolute atomic E-state index is 0.0832. The first-order chi connectivity index (χ1) is 8.62. The van der Waals surface area contributed by atoms with E-state index in [-0.39, 0.29) is 17.4 Å². The van der Waals surface area contributed by atoms with Crippen LogP contribution in [-0.4, -0.2) is 20.5 Å². The summed E-state index contributed by atoms with van der Waals surface area (Å²) in [7, 11) is -3.61. The largest absolute Gasteiger partial charge is 0.329 e. The van der Waals surface area contributed by atoms with Gasteiger partial charge in [-0.05, 0) is 43.5 Å². The SMILES string of the molecule is Cc1cc(Cl)ccc1S(=O)(=O)NC(C)(CN)C(C)C. The predicted molar refractivity (Wildman–Crippen MR) is 78.8 cm³/mol. The Hall–Kier alpha value is -0.620. The summed E-state index contributed by atoms with van der Waals surface area (Å²) in [5.41, 5.74) is 5.65. The van der Waals surface area contributed by atoms with E-state index in [1.165, 1.54) is 6.07 Å². The molecule has 0 aliphatic rings. The van der Waals surface area contributed by atoms with E-state index in [4.69, 9.17) is 17.3 Å². The topological polar surface area (TPSA) is 72.2 Å². The van der Waals surface area contributed by atoms with Crippen LogP contribution in [0.4, 0.5) is 0 Å². The van der Waals surface area contributed by atoms with Crippen molar-refractivity contribution in [3.63, 3.8) is 0 Å². The molecule has 0 saturated carbocycles. The second kappa shape index (κ2) is 5.79. The minimum Gasteiger partial charge on any atom is -0.329 e. The molecule has 0 fully saturated rings. The van der Waals surface area contributed by atoms with Gasteiger partial charge >= 0.3 is 0 Å². The number of nitrogens with two attached hydrogens (primary N) is 1. The van der Waals surface area contributed by atoms with Crippen LogP contribution in [0.5, 0.6) is 0 Å². The summed E-state index contributed by atoms with van der Waals surface area (Å²) in [6, 6.07) is 4.71. The molecule has 0 aliphatic heterocycles. The van der Waals surface area contributed by atoms with Crippen LogP contribution < -0.4 is 10.5 Å². The summed E-state index contributed by atoms with van der Waals surface area (Å²) < 4.78 is 27.6. The van der Waals surface area contributed by atoms with E-state index in [0.29, 0.717) is 10.6 Å². The third kappa shape index (κ3) is 3.69. The molecule has 1 rings (SSSR count). The highest BCUT2D eigenvalue weighted by molar-refractivity contribution is 7.89. The maximum Gasteiger partial charge on any atom is 0.241 e. The average molecular weight is 305 g/mol.